The standard InChI is InChI=1S/C31H31N3O5S/c1-33(39-30(35)24-7-5-4-6-8-24)31(36)34-19-17-23(18-20-34)29-32-27(21-9-13-25(37-2)14-10-21)28(40-29)22-11-15-26(38-3)16-12-22/h4-16,23H,17-20H2,1-3H3. The van der Waals surface area contributed by atoms with Crippen molar-refractivity contribution >= 4 is 23.3 Å². The first-order valence-electron chi connectivity index (χ1n) is 13.1. The minimum Gasteiger partial charge on any atom is -0.497 e. The minimum atomic E-state index is -0.564. The van der Waals surface area contributed by atoms with Crippen molar-refractivity contribution in [2.75, 3.05) is 34.4 Å². The number of carbonyl (C=O) groups excluding carboxylic acids is 2. The number of piperidine rings is 1. The van der Waals surface area contributed by atoms with E-state index in [1.807, 2.05) is 42.5 Å². The normalized spacial score (nSPS) is 13.5. The van der Waals surface area contributed by atoms with Crippen LogP contribution in [0.3, 0.4) is 0 Å². The Bertz CT molecular complexity index is 1380. The maximum atomic E-state index is 13.0. The molecule has 1 aliphatic rings. The number of urea groups is 1. The van der Waals surface area contributed by atoms with Crippen LogP contribution in [0.15, 0.2) is 78.9 Å². The zero-order valence-corrected chi connectivity index (χ0v) is 23.5. The van der Waals surface area contributed by atoms with E-state index in [4.69, 9.17) is 19.3 Å². The third-order valence-corrected chi connectivity index (χ3v) is 8.24. The molecule has 8 nitrogen and oxygen atoms in total. The quantitative estimate of drug-likeness (QED) is 0.252. The number of likely N-dealkylation sites (tertiary alicyclic amines) is 1. The van der Waals surface area contributed by atoms with E-state index in [9.17, 15) is 9.59 Å². The summed E-state index contributed by atoms with van der Waals surface area (Å²) >= 11 is 1.69. The Balaban J connectivity index is 1.30. The van der Waals surface area contributed by atoms with Crippen LogP contribution in [-0.2, 0) is 4.84 Å². The number of benzene rings is 3. The molecule has 0 unspecified atom stereocenters. The maximum Gasteiger partial charge on any atom is 0.363 e. The van der Waals surface area contributed by atoms with Crippen LogP contribution in [0, 0.1) is 0 Å². The number of methoxy groups -OCH3 is 2. The van der Waals surface area contributed by atoms with E-state index < -0.39 is 5.97 Å². The number of hydroxylamine groups is 2. The SMILES string of the molecule is COc1ccc(-c2nc(C3CCN(C(=O)N(C)OC(=O)c4ccccc4)CC3)sc2-c2ccc(OC)cc2)cc1. The minimum absolute atomic E-state index is 0.218. The van der Waals surface area contributed by atoms with Gasteiger partial charge in [0.25, 0.3) is 0 Å². The van der Waals surface area contributed by atoms with E-state index in [-0.39, 0.29) is 11.9 Å². The third-order valence-electron chi connectivity index (χ3n) is 6.97. The summed E-state index contributed by atoms with van der Waals surface area (Å²) in [6.45, 7) is 1.10. The van der Waals surface area contributed by atoms with Crippen molar-refractivity contribution in [3.63, 3.8) is 0 Å². The van der Waals surface area contributed by atoms with Crippen molar-refractivity contribution < 1.29 is 23.9 Å². The molecule has 206 valence electrons. The summed E-state index contributed by atoms with van der Waals surface area (Å²) in [6.07, 6.45) is 1.54. The topological polar surface area (TPSA) is 81.2 Å². The summed E-state index contributed by atoms with van der Waals surface area (Å²) in [4.78, 5) is 38.6. The molecule has 1 saturated heterocycles. The Labute approximate surface area is 237 Å². The number of ether oxygens (including phenoxy) is 2. The van der Waals surface area contributed by atoms with E-state index in [2.05, 4.69) is 12.1 Å². The molecule has 4 aromatic rings. The average molecular weight is 558 g/mol. The van der Waals surface area contributed by atoms with Crippen LogP contribution in [0.5, 0.6) is 11.5 Å². The van der Waals surface area contributed by atoms with Crippen molar-refractivity contribution in [2.45, 2.75) is 18.8 Å². The van der Waals surface area contributed by atoms with Crippen molar-refractivity contribution in [1.82, 2.24) is 14.9 Å². The number of nitrogens with zero attached hydrogens (tertiary/aromatic N) is 3. The number of carbonyl (C=O) groups is 2. The molecule has 40 heavy (non-hydrogen) atoms. The molecular formula is C31H31N3O5S. The summed E-state index contributed by atoms with van der Waals surface area (Å²) in [7, 11) is 4.78. The molecule has 0 N–H and O–H groups in total. The van der Waals surface area contributed by atoms with Crippen LogP contribution in [0.25, 0.3) is 21.7 Å². The monoisotopic (exact) mass is 557 g/mol. The third kappa shape index (κ3) is 5.94. The van der Waals surface area contributed by atoms with Gasteiger partial charge in [0.15, 0.2) is 0 Å². The van der Waals surface area contributed by atoms with Gasteiger partial charge in [-0.2, -0.15) is 5.06 Å². The van der Waals surface area contributed by atoms with Gasteiger partial charge in [0, 0.05) is 24.6 Å². The molecular weight excluding hydrogens is 526 g/mol. The number of thiazole rings is 1. The van der Waals surface area contributed by atoms with Crippen LogP contribution in [-0.4, -0.2) is 61.3 Å². The second-order valence-electron chi connectivity index (χ2n) is 9.47. The first-order chi connectivity index (χ1) is 19.5. The van der Waals surface area contributed by atoms with Crippen molar-refractivity contribution in [2.24, 2.45) is 0 Å². The van der Waals surface area contributed by atoms with Gasteiger partial charge in [-0.3, -0.25) is 0 Å². The highest BCUT2D eigenvalue weighted by molar-refractivity contribution is 7.15. The molecule has 0 radical (unpaired) electrons. The molecule has 0 aliphatic carbocycles. The molecule has 2 amide bonds. The number of hydrogen-bond donors (Lipinski definition) is 0. The fourth-order valence-electron chi connectivity index (χ4n) is 4.70. The second-order valence-corrected chi connectivity index (χ2v) is 10.5. The van der Waals surface area contributed by atoms with Gasteiger partial charge in [-0.15, -0.1) is 11.3 Å². The highest BCUT2D eigenvalue weighted by Gasteiger charge is 2.30. The summed E-state index contributed by atoms with van der Waals surface area (Å²) in [5.41, 5.74) is 3.41. The second kappa shape index (κ2) is 12.2. The van der Waals surface area contributed by atoms with E-state index >= 15 is 0 Å². The van der Waals surface area contributed by atoms with Crippen LogP contribution < -0.4 is 9.47 Å². The Morgan fingerprint density at radius 1 is 0.850 bits per heavy atom. The number of amides is 2. The summed E-state index contributed by atoms with van der Waals surface area (Å²) in [6, 6.07) is 24.2. The zero-order valence-electron chi connectivity index (χ0n) is 22.7. The largest absolute Gasteiger partial charge is 0.497 e. The first-order valence-corrected chi connectivity index (χ1v) is 13.9. The van der Waals surface area contributed by atoms with Gasteiger partial charge >= 0.3 is 12.0 Å². The molecule has 1 aromatic heterocycles. The molecule has 5 rings (SSSR count). The Kier molecular flexibility index (Phi) is 8.31. The van der Waals surface area contributed by atoms with E-state index in [0.717, 1.165) is 56.1 Å². The first kappa shape index (κ1) is 27.2. The molecule has 0 spiro atoms. The van der Waals surface area contributed by atoms with Crippen LogP contribution in [0.4, 0.5) is 4.79 Å². The lowest BCUT2D eigenvalue weighted by molar-refractivity contribution is -0.0665. The lowest BCUT2D eigenvalue weighted by atomic mass is 9.97. The average Bonchev–Trinajstić information content (AvgIpc) is 3.47. The fourth-order valence-corrected chi connectivity index (χ4v) is 5.96. The molecule has 3 aromatic carbocycles. The highest BCUT2D eigenvalue weighted by atomic mass is 32.1. The van der Waals surface area contributed by atoms with Crippen molar-refractivity contribution in [1.29, 1.82) is 0 Å². The van der Waals surface area contributed by atoms with Gasteiger partial charge in [0.2, 0.25) is 0 Å². The fraction of sp³-hybridized carbons (Fsp3) is 0.258. The van der Waals surface area contributed by atoms with Gasteiger partial charge < -0.3 is 19.2 Å². The summed E-state index contributed by atoms with van der Waals surface area (Å²) in [5.74, 6) is 1.25. The Hall–Kier alpha value is -4.37. The van der Waals surface area contributed by atoms with Gasteiger partial charge in [-0.05, 0) is 79.1 Å². The number of hydrogen-bond acceptors (Lipinski definition) is 7. The van der Waals surface area contributed by atoms with E-state index in [0.29, 0.717) is 18.7 Å². The predicted octanol–water partition coefficient (Wildman–Crippen LogP) is 6.50. The van der Waals surface area contributed by atoms with Gasteiger partial charge in [0.05, 0.1) is 42.4 Å². The lowest BCUT2D eigenvalue weighted by Crippen LogP contribution is -2.45. The molecule has 0 atom stereocenters. The molecule has 0 bridgehead atoms. The van der Waals surface area contributed by atoms with Gasteiger partial charge in [-0.1, -0.05) is 18.2 Å². The van der Waals surface area contributed by atoms with E-state index in [1.54, 1.807) is 54.7 Å². The lowest BCUT2D eigenvalue weighted by Gasteiger charge is -2.33. The molecule has 2 heterocycles. The predicted molar refractivity (Wildman–Crippen MR) is 155 cm³/mol. The van der Waals surface area contributed by atoms with E-state index in [1.165, 1.54) is 7.05 Å². The van der Waals surface area contributed by atoms with Crippen LogP contribution in [0.2, 0.25) is 0 Å². The van der Waals surface area contributed by atoms with Gasteiger partial charge in [-0.25, -0.2) is 14.6 Å². The van der Waals surface area contributed by atoms with Crippen LogP contribution >= 0.6 is 11.3 Å². The molecule has 1 aliphatic heterocycles. The molecule has 1 fully saturated rings. The summed E-state index contributed by atoms with van der Waals surface area (Å²) in [5, 5.41) is 2.07. The van der Waals surface area contributed by atoms with Crippen LogP contribution in [0.1, 0.15) is 34.1 Å². The number of aromatic nitrogens is 1. The Morgan fingerprint density at radius 2 is 1.43 bits per heavy atom. The smallest absolute Gasteiger partial charge is 0.363 e. The molecule has 9 heteroatoms. The highest BCUT2D eigenvalue weighted by Crippen LogP contribution is 2.42. The maximum absolute atomic E-state index is 13.0. The Morgan fingerprint density at radius 3 is 2.00 bits per heavy atom. The summed E-state index contributed by atoms with van der Waals surface area (Å²) < 4.78 is 10.7. The number of rotatable bonds is 6. The molecule has 0 saturated carbocycles. The van der Waals surface area contributed by atoms with Gasteiger partial charge in [0.1, 0.15) is 11.5 Å². The van der Waals surface area contributed by atoms with Crippen molar-refractivity contribution in [3.8, 4) is 33.2 Å². The zero-order chi connectivity index (χ0) is 28.1. The van der Waals surface area contributed by atoms with Crippen molar-refractivity contribution in [3.05, 3.63) is 89.4 Å².